The van der Waals surface area contributed by atoms with Crippen LogP contribution < -0.4 is 30.6 Å². The van der Waals surface area contributed by atoms with Crippen molar-refractivity contribution in [2.75, 3.05) is 32.0 Å². The number of benzene rings is 6. The Bertz CT molecular complexity index is 2790. The predicted molar refractivity (Wildman–Crippen MR) is 279 cm³/mol. The third-order valence-electron chi connectivity index (χ3n) is 11.6. The van der Waals surface area contributed by atoms with Crippen LogP contribution in [0.4, 0.5) is 5.69 Å². The van der Waals surface area contributed by atoms with Crippen molar-refractivity contribution in [1.29, 1.82) is 0 Å². The summed E-state index contributed by atoms with van der Waals surface area (Å²) >= 11 is 12.4. The Kier molecular flexibility index (Phi) is 18.5. The highest BCUT2D eigenvalue weighted by molar-refractivity contribution is 6.31. The maximum absolute atomic E-state index is 13.4. The Morgan fingerprint density at radius 3 is 1.57 bits per heavy atom. The molecule has 0 unspecified atom stereocenters. The lowest BCUT2D eigenvalue weighted by Crippen LogP contribution is -2.40. The van der Waals surface area contributed by atoms with Crippen LogP contribution in [-0.4, -0.2) is 55.7 Å². The zero-order chi connectivity index (χ0) is 50.4. The van der Waals surface area contributed by atoms with E-state index in [9.17, 15) is 19.2 Å². The highest BCUT2D eigenvalue weighted by atomic mass is 35.5. The Labute approximate surface area is 421 Å². The number of unbranched alkanes of at least 4 members (excludes halogenated alkanes) is 2. The van der Waals surface area contributed by atoms with E-state index >= 15 is 0 Å². The highest BCUT2D eigenvalue weighted by Crippen LogP contribution is 2.34. The van der Waals surface area contributed by atoms with Crippen LogP contribution in [0.2, 0.25) is 10.0 Å². The van der Waals surface area contributed by atoms with Gasteiger partial charge in [-0.3, -0.25) is 9.59 Å². The van der Waals surface area contributed by atoms with Crippen molar-refractivity contribution >= 4 is 52.6 Å². The van der Waals surface area contributed by atoms with Gasteiger partial charge in [0.25, 0.3) is 11.8 Å². The Morgan fingerprint density at radius 2 is 1.10 bits per heavy atom. The number of anilines is 1. The fraction of sp³-hybridized carbons (Fsp3) is 0.298. The van der Waals surface area contributed by atoms with Gasteiger partial charge in [-0.15, -0.1) is 0 Å². The molecule has 6 rings (SSSR count). The van der Waals surface area contributed by atoms with Gasteiger partial charge < -0.3 is 35.3 Å². The normalized spacial score (nSPS) is 11.1. The second-order valence-corrected chi connectivity index (χ2v) is 18.5. The van der Waals surface area contributed by atoms with E-state index in [0.717, 1.165) is 64.6 Å². The summed E-state index contributed by atoms with van der Waals surface area (Å²) in [6.45, 7) is 13.1. The minimum atomic E-state index is -1.51. The molecule has 2 amide bonds. The number of carbonyl (C=O) groups excluding carboxylic acids is 4. The summed E-state index contributed by atoms with van der Waals surface area (Å²) in [6, 6.07) is 34.5. The van der Waals surface area contributed by atoms with Gasteiger partial charge in [-0.1, -0.05) is 104 Å². The van der Waals surface area contributed by atoms with Gasteiger partial charge >= 0.3 is 11.9 Å². The molecule has 0 aliphatic carbocycles. The minimum Gasteiger partial charge on any atom is -0.493 e. The maximum Gasteiger partial charge on any atom is 0.357 e. The average molecular weight is 987 g/mol. The Balaban J connectivity index is 0.993. The molecule has 0 heterocycles. The molecule has 4 N–H and O–H groups in total. The standard InChI is InChI=1S/C57H61Cl2N3O8/c1-7-9-29-67-50-23-20-43(58)34-47(50)53(63)61-27-25-38-11-15-40(16-12-38)46-22-19-42(33-49(46)60)55(65)69-56(66)57(5,6)70-45-31-36(3)52(37(4)32-45)41-17-13-39(14-18-41)26-28-62-54(64)48-35-44(59)21-24-51(48)68-30-10-8-2/h11-24,31-35H,7-10,25-30,60H2,1-6H3,(H,61,63)(H,62,64). The van der Waals surface area contributed by atoms with Gasteiger partial charge in [0.1, 0.15) is 17.2 Å². The summed E-state index contributed by atoms with van der Waals surface area (Å²) in [5.41, 5.74) is 13.6. The smallest absolute Gasteiger partial charge is 0.357 e. The lowest BCUT2D eigenvalue weighted by atomic mass is 9.94. The quantitative estimate of drug-likeness (QED) is 0.0261. The number of esters is 2. The zero-order valence-electron chi connectivity index (χ0n) is 40.6. The molecule has 0 aliphatic rings. The molecular weight excluding hydrogens is 926 g/mol. The summed E-state index contributed by atoms with van der Waals surface area (Å²) in [6.07, 6.45) is 4.95. The lowest BCUT2D eigenvalue weighted by molar-refractivity contribution is -0.153. The zero-order valence-corrected chi connectivity index (χ0v) is 42.2. The molecule has 13 heteroatoms. The first-order valence-corrected chi connectivity index (χ1v) is 24.4. The summed E-state index contributed by atoms with van der Waals surface area (Å²) in [7, 11) is 0. The van der Waals surface area contributed by atoms with Crippen LogP contribution in [0.3, 0.4) is 0 Å². The molecule has 0 atom stereocenters. The van der Waals surface area contributed by atoms with Crippen LogP contribution >= 0.6 is 23.2 Å². The number of nitrogen functional groups attached to an aromatic ring is 1. The highest BCUT2D eigenvalue weighted by Gasteiger charge is 2.34. The first-order chi connectivity index (χ1) is 33.6. The minimum absolute atomic E-state index is 0.114. The average Bonchev–Trinajstić information content (AvgIpc) is 3.32. The molecule has 6 aromatic rings. The predicted octanol–water partition coefficient (Wildman–Crippen LogP) is 12.4. The summed E-state index contributed by atoms with van der Waals surface area (Å²) in [5.74, 6) is -0.755. The molecule has 0 aliphatic heterocycles. The van der Waals surface area contributed by atoms with E-state index in [1.54, 1.807) is 62.4 Å². The van der Waals surface area contributed by atoms with Crippen molar-refractivity contribution in [1.82, 2.24) is 10.6 Å². The number of hydrogen-bond donors (Lipinski definition) is 3. The lowest BCUT2D eigenvalue weighted by Gasteiger charge is -2.25. The molecule has 0 aromatic heterocycles. The van der Waals surface area contributed by atoms with Crippen molar-refractivity contribution in [2.45, 2.75) is 85.7 Å². The number of aryl methyl sites for hydroxylation is 2. The van der Waals surface area contributed by atoms with Crippen LogP contribution in [0.25, 0.3) is 22.3 Å². The number of carbonyl (C=O) groups is 4. The van der Waals surface area contributed by atoms with Crippen molar-refractivity contribution < 1.29 is 38.1 Å². The van der Waals surface area contributed by atoms with Gasteiger partial charge in [0, 0.05) is 34.4 Å². The molecule has 0 radical (unpaired) electrons. The number of nitrogens with one attached hydrogen (secondary N) is 2. The van der Waals surface area contributed by atoms with Gasteiger partial charge in [-0.2, -0.15) is 0 Å². The SMILES string of the molecule is CCCCOc1ccc(Cl)cc1C(=O)NCCc1ccc(-c2ccc(C(=O)OC(=O)C(C)(C)Oc3cc(C)c(-c4ccc(CCNC(=O)c5cc(Cl)ccc5OCCCC)cc4)c(C)c3)cc2N)cc1. The molecular formula is C57H61Cl2N3O8. The monoisotopic (exact) mass is 985 g/mol. The summed E-state index contributed by atoms with van der Waals surface area (Å²) < 4.78 is 23.1. The molecule has 0 fully saturated rings. The third-order valence-corrected chi connectivity index (χ3v) is 12.1. The first-order valence-electron chi connectivity index (χ1n) is 23.6. The number of rotatable bonds is 22. The molecule has 366 valence electrons. The van der Waals surface area contributed by atoms with Gasteiger partial charge in [0.2, 0.25) is 5.60 Å². The van der Waals surface area contributed by atoms with E-state index in [4.69, 9.17) is 47.9 Å². The Morgan fingerprint density at radius 1 is 0.614 bits per heavy atom. The van der Waals surface area contributed by atoms with Gasteiger partial charge in [0.05, 0.1) is 29.9 Å². The maximum atomic E-state index is 13.4. The van der Waals surface area contributed by atoms with Crippen LogP contribution in [0, 0.1) is 13.8 Å². The van der Waals surface area contributed by atoms with E-state index in [0.29, 0.717) is 88.8 Å². The van der Waals surface area contributed by atoms with Crippen molar-refractivity contribution in [2.24, 2.45) is 0 Å². The summed E-state index contributed by atoms with van der Waals surface area (Å²) in [4.78, 5) is 52.7. The molecule has 6 aromatic carbocycles. The Hall–Kier alpha value is -6.82. The number of nitrogens with two attached hydrogens (primary N) is 1. The second-order valence-electron chi connectivity index (χ2n) is 17.6. The van der Waals surface area contributed by atoms with Gasteiger partial charge in [-0.25, -0.2) is 9.59 Å². The number of ether oxygens (including phenoxy) is 4. The van der Waals surface area contributed by atoms with Gasteiger partial charge in [0.15, 0.2) is 0 Å². The fourth-order valence-electron chi connectivity index (χ4n) is 7.78. The third kappa shape index (κ3) is 14.1. The molecule has 0 spiro atoms. The van der Waals surface area contributed by atoms with Crippen LogP contribution in [0.1, 0.15) is 107 Å². The van der Waals surface area contributed by atoms with Crippen molar-refractivity contribution in [3.05, 3.63) is 164 Å². The van der Waals surface area contributed by atoms with E-state index in [-0.39, 0.29) is 17.4 Å². The topological polar surface area (TPSA) is 155 Å². The van der Waals surface area contributed by atoms with E-state index in [1.165, 1.54) is 6.07 Å². The number of hydrogen-bond acceptors (Lipinski definition) is 9. The van der Waals surface area contributed by atoms with E-state index in [2.05, 4.69) is 24.5 Å². The first kappa shape index (κ1) is 52.5. The second kappa shape index (κ2) is 24.6. The molecule has 11 nitrogen and oxygen atoms in total. The molecule has 0 saturated heterocycles. The van der Waals surface area contributed by atoms with Gasteiger partial charge in [-0.05, 0) is 153 Å². The van der Waals surface area contributed by atoms with Crippen LogP contribution in [-0.2, 0) is 22.4 Å². The molecule has 70 heavy (non-hydrogen) atoms. The van der Waals surface area contributed by atoms with Crippen molar-refractivity contribution in [3.63, 3.8) is 0 Å². The van der Waals surface area contributed by atoms with Crippen LogP contribution in [0.5, 0.6) is 17.2 Å². The number of halogens is 2. The molecule has 0 bridgehead atoms. The van der Waals surface area contributed by atoms with E-state index in [1.807, 2.05) is 74.5 Å². The van der Waals surface area contributed by atoms with E-state index < -0.39 is 17.5 Å². The fourth-order valence-corrected chi connectivity index (χ4v) is 8.12. The van der Waals surface area contributed by atoms with Crippen molar-refractivity contribution in [3.8, 4) is 39.5 Å². The largest absolute Gasteiger partial charge is 0.493 e. The van der Waals surface area contributed by atoms with Crippen LogP contribution in [0.15, 0.2) is 115 Å². The molecule has 0 saturated carbocycles. The number of amides is 2. The summed E-state index contributed by atoms with van der Waals surface area (Å²) in [5, 5.41) is 6.87.